The average molecular weight is 275 g/mol. The van der Waals surface area contributed by atoms with Gasteiger partial charge in [-0.15, -0.1) is 0 Å². The molecule has 0 spiro atoms. The number of nitrogens with one attached hydrogen (secondary N) is 1. The number of nitrogens with zero attached hydrogens (tertiary/aromatic N) is 2. The Bertz CT molecular complexity index is 620. The fraction of sp³-hybridized carbons (Fsp3) is 0.267. The van der Waals surface area contributed by atoms with Gasteiger partial charge < -0.3 is 15.1 Å². The Labute approximate surface area is 117 Å². The molecule has 2 N–H and O–H groups in total. The maximum absolute atomic E-state index is 13.9. The lowest BCUT2D eigenvalue weighted by Crippen LogP contribution is -2.11. The quantitative estimate of drug-likeness (QED) is 0.499. The van der Waals surface area contributed by atoms with E-state index in [9.17, 15) is 4.39 Å². The lowest BCUT2D eigenvalue weighted by molar-refractivity contribution is 0.294. The third-order valence-electron chi connectivity index (χ3n) is 3.08. The van der Waals surface area contributed by atoms with Gasteiger partial charge in [0.15, 0.2) is 0 Å². The summed E-state index contributed by atoms with van der Waals surface area (Å²) in [5.41, 5.74) is 6.03. The van der Waals surface area contributed by atoms with Crippen LogP contribution >= 0.6 is 0 Å². The molecule has 1 heterocycles. The summed E-state index contributed by atoms with van der Waals surface area (Å²) in [5, 5.41) is 12.7. The molecular weight excluding hydrogens is 257 g/mol. The van der Waals surface area contributed by atoms with Crippen LogP contribution in [0.5, 0.6) is 0 Å². The number of halogens is 1. The fourth-order valence-corrected chi connectivity index (χ4v) is 2.15. The molecule has 0 atom stereocenters. The lowest BCUT2D eigenvalue weighted by atomic mass is 10.2. The zero-order valence-electron chi connectivity index (χ0n) is 11.6. The molecule has 106 valence electrons. The van der Waals surface area contributed by atoms with E-state index in [0.717, 1.165) is 17.0 Å². The minimum Gasteiger partial charge on any atom is -0.394 e. The minimum atomic E-state index is -0.254. The Morgan fingerprint density at radius 1 is 1.35 bits per heavy atom. The van der Waals surface area contributed by atoms with Gasteiger partial charge in [0.1, 0.15) is 5.82 Å². The second kappa shape index (κ2) is 6.34. The van der Waals surface area contributed by atoms with Gasteiger partial charge in [-0.05, 0) is 32.0 Å². The SMILES string of the molecule is Cc1cc(C=NNCCO)c(C)n1-c1ccccc1F. The molecule has 1 aromatic heterocycles. The van der Waals surface area contributed by atoms with Gasteiger partial charge in [0.05, 0.1) is 25.1 Å². The van der Waals surface area contributed by atoms with E-state index in [1.165, 1.54) is 6.07 Å². The molecule has 0 bridgehead atoms. The van der Waals surface area contributed by atoms with Crippen LogP contribution < -0.4 is 5.43 Å². The van der Waals surface area contributed by atoms with E-state index in [2.05, 4.69) is 10.5 Å². The molecule has 0 saturated carbocycles. The highest BCUT2D eigenvalue weighted by molar-refractivity contribution is 5.82. The standard InChI is InChI=1S/C15H18FN3O/c1-11-9-13(10-18-17-7-8-20)12(2)19(11)15-6-4-3-5-14(15)16/h3-6,9-10,17,20H,7-8H2,1-2H3. The smallest absolute Gasteiger partial charge is 0.147 e. The molecule has 4 nitrogen and oxygen atoms in total. The van der Waals surface area contributed by atoms with Gasteiger partial charge >= 0.3 is 0 Å². The first kappa shape index (κ1) is 14.3. The van der Waals surface area contributed by atoms with Crippen molar-refractivity contribution in [2.45, 2.75) is 13.8 Å². The van der Waals surface area contributed by atoms with Crippen molar-refractivity contribution in [2.75, 3.05) is 13.2 Å². The maximum atomic E-state index is 13.9. The monoisotopic (exact) mass is 275 g/mol. The highest BCUT2D eigenvalue weighted by Gasteiger charge is 2.12. The first-order chi connectivity index (χ1) is 9.65. The van der Waals surface area contributed by atoms with E-state index in [4.69, 9.17) is 5.11 Å². The molecule has 0 radical (unpaired) electrons. The summed E-state index contributed by atoms with van der Waals surface area (Å²) in [6.07, 6.45) is 1.68. The van der Waals surface area contributed by atoms with Crippen molar-refractivity contribution in [2.24, 2.45) is 5.10 Å². The molecule has 0 aliphatic heterocycles. The zero-order valence-corrected chi connectivity index (χ0v) is 11.6. The number of aryl methyl sites for hydroxylation is 1. The van der Waals surface area contributed by atoms with Crippen molar-refractivity contribution in [1.82, 2.24) is 9.99 Å². The largest absolute Gasteiger partial charge is 0.394 e. The first-order valence-corrected chi connectivity index (χ1v) is 6.45. The summed E-state index contributed by atoms with van der Waals surface area (Å²) in [5.74, 6) is -0.254. The van der Waals surface area contributed by atoms with Crippen molar-refractivity contribution in [3.63, 3.8) is 0 Å². The van der Waals surface area contributed by atoms with Crippen LogP contribution in [0.4, 0.5) is 4.39 Å². The molecule has 5 heteroatoms. The van der Waals surface area contributed by atoms with Gasteiger partial charge in [-0.1, -0.05) is 12.1 Å². The van der Waals surface area contributed by atoms with Crippen LogP contribution in [0.1, 0.15) is 17.0 Å². The highest BCUT2D eigenvalue weighted by Crippen LogP contribution is 2.21. The number of hydrogen-bond acceptors (Lipinski definition) is 3. The maximum Gasteiger partial charge on any atom is 0.147 e. The molecule has 0 saturated heterocycles. The Balaban J connectivity index is 2.35. The second-order valence-corrected chi connectivity index (χ2v) is 4.50. The number of benzene rings is 1. The third-order valence-corrected chi connectivity index (χ3v) is 3.08. The van der Waals surface area contributed by atoms with E-state index in [0.29, 0.717) is 12.2 Å². The number of hydrogen-bond donors (Lipinski definition) is 2. The van der Waals surface area contributed by atoms with Gasteiger partial charge in [-0.3, -0.25) is 0 Å². The van der Waals surface area contributed by atoms with E-state index < -0.39 is 0 Å². The Morgan fingerprint density at radius 2 is 2.10 bits per heavy atom. The van der Waals surface area contributed by atoms with Crippen LogP contribution in [0.3, 0.4) is 0 Å². The van der Waals surface area contributed by atoms with E-state index in [1.807, 2.05) is 30.5 Å². The van der Waals surface area contributed by atoms with Gasteiger partial charge in [-0.2, -0.15) is 5.10 Å². The second-order valence-electron chi connectivity index (χ2n) is 4.50. The van der Waals surface area contributed by atoms with Crippen molar-refractivity contribution in [3.05, 3.63) is 53.1 Å². The number of aliphatic hydroxyl groups is 1. The molecule has 2 aromatic rings. The number of hydrazone groups is 1. The minimum absolute atomic E-state index is 0.0333. The third kappa shape index (κ3) is 2.88. The Hall–Kier alpha value is -2.14. The first-order valence-electron chi connectivity index (χ1n) is 6.45. The topological polar surface area (TPSA) is 49.6 Å². The number of para-hydroxylation sites is 1. The molecule has 1 aromatic carbocycles. The Kier molecular flexibility index (Phi) is 4.53. The molecule has 0 unspecified atom stereocenters. The predicted octanol–water partition coefficient (Wildman–Crippen LogP) is 2.15. The summed E-state index contributed by atoms with van der Waals surface area (Å²) in [6, 6.07) is 8.64. The highest BCUT2D eigenvalue weighted by atomic mass is 19.1. The van der Waals surface area contributed by atoms with Crippen LogP contribution in [-0.2, 0) is 0 Å². The Morgan fingerprint density at radius 3 is 2.80 bits per heavy atom. The zero-order chi connectivity index (χ0) is 14.5. The van der Waals surface area contributed by atoms with Crippen molar-refractivity contribution in [1.29, 1.82) is 0 Å². The molecule has 20 heavy (non-hydrogen) atoms. The molecule has 0 aliphatic rings. The van der Waals surface area contributed by atoms with Crippen LogP contribution in [0.15, 0.2) is 35.4 Å². The van der Waals surface area contributed by atoms with Crippen LogP contribution in [-0.4, -0.2) is 29.0 Å². The summed E-state index contributed by atoms with van der Waals surface area (Å²) in [7, 11) is 0. The molecule has 0 aliphatic carbocycles. The fourth-order valence-electron chi connectivity index (χ4n) is 2.15. The number of aliphatic hydroxyl groups excluding tert-OH is 1. The van der Waals surface area contributed by atoms with E-state index >= 15 is 0 Å². The van der Waals surface area contributed by atoms with Gasteiger partial charge in [0.25, 0.3) is 0 Å². The predicted molar refractivity (Wildman–Crippen MR) is 77.9 cm³/mol. The molecule has 2 rings (SSSR count). The summed E-state index contributed by atoms with van der Waals surface area (Å²) < 4.78 is 15.8. The summed E-state index contributed by atoms with van der Waals surface area (Å²) in [6.45, 7) is 4.29. The van der Waals surface area contributed by atoms with Crippen LogP contribution in [0, 0.1) is 19.7 Å². The summed E-state index contributed by atoms with van der Waals surface area (Å²) in [4.78, 5) is 0. The van der Waals surface area contributed by atoms with Crippen molar-refractivity contribution >= 4 is 6.21 Å². The van der Waals surface area contributed by atoms with E-state index in [-0.39, 0.29) is 12.4 Å². The van der Waals surface area contributed by atoms with Gasteiger partial charge in [0, 0.05) is 17.0 Å². The van der Waals surface area contributed by atoms with Crippen molar-refractivity contribution in [3.8, 4) is 5.69 Å². The number of rotatable bonds is 5. The van der Waals surface area contributed by atoms with Crippen LogP contribution in [0.25, 0.3) is 5.69 Å². The molecule has 0 fully saturated rings. The average Bonchev–Trinajstić information content (AvgIpc) is 2.71. The van der Waals surface area contributed by atoms with Crippen molar-refractivity contribution < 1.29 is 9.50 Å². The van der Waals surface area contributed by atoms with Gasteiger partial charge in [0.2, 0.25) is 0 Å². The molecule has 0 amide bonds. The lowest BCUT2D eigenvalue weighted by Gasteiger charge is -2.10. The number of aromatic nitrogens is 1. The molecular formula is C15H18FN3O. The van der Waals surface area contributed by atoms with Crippen LogP contribution in [0.2, 0.25) is 0 Å². The van der Waals surface area contributed by atoms with Gasteiger partial charge in [-0.25, -0.2) is 4.39 Å². The van der Waals surface area contributed by atoms with E-state index in [1.54, 1.807) is 18.3 Å². The normalized spacial score (nSPS) is 11.2. The summed E-state index contributed by atoms with van der Waals surface area (Å²) >= 11 is 0.